The van der Waals surface area contributed by atoms with E-state index in [4.69, 9.17) is 5.73 Å². The second kappa shape index (κ2) is 4.35. The van der Waals surface area contributed by atoms with Crippen molar-refractivity contribution < 1.29 is 4.79 Å². The van der Waals surface area contributed by atoms with Crippen LogP contribution in [0.4, 0.5) is 0 Å². The van der Waals surface area contributed by atoms with Crippen LogP contribution in [0.3, 0.4) is 0 Å². The lowest BCUT2D eigenvalue weighted by Gasteiger charge is -2.18. The quantitative estimate of drug-likeness (QED) is 0.846. The summed E-state index contributed by atoms with van der Waals surface area (Å²) in [4.78, 5) is 23.6. The SMILES string of the molecule is Cc1cc(C)n(C2CCCC2)c(=O)c1C(N)=O. The van der Waals surface area contributed by atoms with E-state index in [9.17, 15) is 9.59 Å². The third kappa shape index (κ3) is 1.99. The van der Waals surface area contributed by atoms with Crippen molar-refractivity contribution in [2.24, 2.45) is 5.73 Å². The minimum atomic E-state index is -0.626. The predicted octanol–water partition coefficient (Wildman–Crippen LogP) is 1.68. The number of rotatable bonds is 2. The molecule has 0 spiro atoms. The summed E-state index contributed by atoms with van der Waals surface area (Å²) in [6, 6.07) is 2.11. The van der Waals surface area contributed by atoms with Crippen LogP contribution >= 0.6 is 0 Å². The number of pyridine rings is 1. The number of nitrogens with two attached hydrogens (primary N) is 1. The maximum Gasteiger partial charge on any atom is 0.264 e. The third-order valence-electron chi connectivity index (χ3n) is 3.57. The molecule has 0 aromatic carbocycles. The molecule has 4 heteroatoms. The molecule has 1 aromatic heterocycles. The molecule has 17 heavy (non-hydrogen) atoms. The molecular formula is C13H18N2O2. The van der Waals surface area contributed by atoms with E-state index in [1.165, 1.54) is 0 Å². The van der Waals surface area contributed by atoms with Crippen molar-refractivity contribution in [2.45, 2.75) is 45.6 Å². The average molecular weight is 234 g/mol. The number of carbonyl (C=O) groups excluding carboxylic acids is 1. The second-order valence-corrected chi connectivity index (χ2v) is 4.82. The van der Waals surface area contributed by atoms with Crippen LogP contribution in [-0.2, 0) is 0 Å². The van der Waals surface area contributed by atoms with Gasteiger partial charge >= 0.3 is 0 Å². The van der Waals surface area contributed by atoms with Gasteiger partial charge in [-0.2, -0.15) is 0 Å². The van der Waals surface area contributed by atoms with Crippen molar-refractivity contribution in [3.05, 3.63) is 33.2 Å². The first-order chi connectivity index (χ1) is 8.02. The molecule has 4 nitrogen and oxygen atoms in total. The van der Waals surface area contributed by atoms with Gasteiger partial charge in [-0.15, -0.1) is 0 Å². The van der Waals surface area contributed by atoms with Crippen molar-refractivity contribution >= 4 is 5.91 Å². The zero-order valence-electron chi connectivity index (χ0n) is 10.3. The van der Waals surface area contributed by atoms with Gasteiger partial charge in [0.05, 0.1) is 0 Å². The standard InChI is InChI=1S/C13H18N2O2/c1-8-7-9(2)15(10-5-3-4-6-10)13(17)11(8)12(14)16/h7,10H,3-6H2,1-2H3,(H2,14,16). The van der Waals surface area contributed by atoms with Crippen molar-refractivity contribution in [2.75, 3.05) is 0 Å². The van der Waals surface area contributed by atoms with E-state index >= 15 is 0 Å². The second-order valence-electron chi connectivity index (χ2n) is 4.82. The first-order valence-electron chi connectivity index (χ1n) is 6.05. The number of amides is 1. The topological polar surface area (TPSA) is 65.1 Å². The third-order valence-corrected chi connectivity index (χ3v) is 3.57. The van der Waals surface area contributed by atoms with Crippen LogP contribution in [0.15, 0.2) is 10.9 Å². The Hall–Kier alpha value is -1.58. The Morgan fingerprint density at radius 1 is 1.35 bits per heavy atom. The Balaban J connectivity index is 2.62. The fourth-order valence-corrected chi connectivity index (χ4v) is 2.82. The first kappa shape index (κ1) is 11.9. The summed E-state index contributed by atoms with van der Waals surface area (Å²) in [5, 5.41) is 0. The smallest absolute Gasteiger partial charge is 0.264 e. The molecule has 0 unspecified atom stereocenters. The fraction of sp³-hybridized carbons (Fsp3) is 0.538. The number of nitrogens with zero attached hydrogens (tertiary/aromatic N) is 1. The molecule has 0 saturated heterocycles. The summed E-state index contributed by atoms with van der Waals surface area (Å²) in [6.45, 7) is 3.67. The highest BCUT2D eigenvalue weighted by Crippen LogP contribution is 2.29. The van der Waals surface area contributed by atoms with E-state index in [-0.39, 0.29) is 17.2 Å². The summed E-state index contributed by atoms with van der Waals surface area (Å²) in [7, 11) is 0. The van der Waals surface area contributed by atoms with Gasteiger partial charge in [0.15, 0.2) is 0 Å². The molecule has 2 N–H and O–H groups in total. The maximum absolute atomic E-state index is 12.3. The number of aromatic nitrogens is 1. The van der Waals surface area contributed by atoms with Crippen LogP contribution < -0.4 is 11.3 Å². The summed E-state index contributed by atoms with van der Waals surface area (Å²) >= 11 is 0. The first-order valence-corrected chi connectivity index (χ1v) is 6.05. The molecule has 1 saturated carbocycles. The summed E-state index contributed by atoms with van der Waals surface area (Å²) in [6.07, 6.45) is 4.33. The minimum Gasteiger partial charge on any atom is -0.365 e. The van der Waals surface area contributed by atoms with Crippen LogP contribution in [0.25, 0.3) is 0 Å². The van der Waals surface area contributed by atoms with Crippen LogP contribution in [0.5, 0.6) is 0 Å². The molecule has 0 atom stereocenters. The maximum atomic E-state index is 12.3. The van der Waals surface area contributed by atoms with Gasteiger partial charge in [0.2, 0.25) is 0 Å². The summed E-state index contributed by atoms with van der Waals surface area (Å²) in [5.74, 6) is -0.626. The van der Waals surface area contributed by atoms with Crippen molar-refractivity contribution in [3.63, 3.8) is 0 Å². The summed E-state index contributed by atoms with van der Waals surface area (Å²) in [5.41, 5.74) is 6.80. The monoisotopic (exact) mass is 234 g/mol. The molecule has 92 valence electrons. The number of carbonyl (C=O) groups is 1. The molecule has 1 heterocycles. The lowest BCUT2D eigenvalue weighted by molar-refractivity contribution is 0.0997. The van der Waals surface area contributed by atoms with E-state index in [1.807, 2.05) is 13.0 Å². The van der Waals surface area contributed by atoms with Gasteiger partial charge in [-0.1, -0.05) is 12.8 Å². The molecule has 1 aliphatic carbocycles. The average Bonchev–Trinajstić information content (AvgIpc) is 2.69. The van der Waals surface area contributed by atoms with Crippen LogP contribution in [0.1, 0.15) is 53.3 Å². The normalized spacial score (nSPS) is 16.4. The highest BCUT2D eigenvalue weighted by atomic mass is 16.2. The molecule has 1 aromatic rings. The number of aryl methyl sites for hydroxylation is 2. The van der Waals surface area contributed by atoms with Gasteiger partial charge in [0.1, 0.15) is 5.56 Å². The highest BCUT2D eigenvalue weighted by molar-refractivity contribution is 5.93. The Bertz CT molecular complexity index is 511. The molecule has 0 radical (unpaired) electrons. The van der Waals surface area contributed by atoms with Gasteiger partial charge in [-0.25, -0.2) is 0 Å². The largest absolute Gasteiger partial charge is 0.365 e. The van der Waals surface area contributed by atoms with Crippen LogP contribution in [0, 0.1) is 13.8 Å². The van der Waals surface area contributed by atoms with Crippen molar-refractivity contribution in [1.82, 2.24) is 4.57 Å². The van der Waals surface area contributed by atoms with Gasteiger partial charge in [0.25, 0.3) is 11.5 Å². The van der Waals surface area contributed by atoms with E-state index < -0.39 is 5.91 Å². The highest BCUT2D eigenvalue weighted by Gasteiger charge is 2.22. The molecular weight excluding hydrogens is 216 g/mol. The Kier molecular flexibility index (Phi) is 3.05. The predicted molar refractivity (Wildman–Crippen MR) is 66.2 cm³/mol. The molecule has 1 aliphatic rings. The lowest BCUT2D eigenvalue weighted by Crippen LogP contribution is -2.33. The Morgan fingerprint density at radius 3 is 2.47 bits per heavy atom. The zero-order valence-corrected chi connectivity index (χ0v) is 10.3. The van der Waals surface area contributed by atoms with Gasteiger partial charge in [-0.3, -0.25) is 9.59 Å². The molecule has 1 fully saturated rings. The Labute approximate surface area is 100 Å². The van der Waals surface area contributed by atoms with E-state index in [2.05, 4.69) is 0 Å². The number of primary amides is 1. The van der Waals surface area contributed by atoms with E-state index in [0.717, 1.165) is 31.4 Å². The zero-order chi connectivity index (χ0) is 12.6. The molecule has 2 rings (SSSR count). The lowest BCUT2D eigenvalue weighted by atomic mass is 10.1. The molecule has 0 bridgehead atoms. The van der Waals surface area contributed by atoms with Crippen LogP contribution in [0.2, 0.25) is 0 Å². The van der Waals surface area contributed by atoms with Crippen LogP contribution in [-0.4, -0.2) is 10.5 Å². The minimum absolute atomic E-state index is 0.141. The van der Waals surface area contributed by atoms with E-state index in [1.54, 1.807) is 11.5 Å². The number of hydrogen-bond acceptors (Lipinski definition) is 2. The van der Waals surface area contributed by atoms with Crippen molar-refractivity contribution in [1.29, 1.82) is 0 Å². The fourth-order valence-electron chi connectivity index (χ4n) is 2.82. The van der Waals surface area contributed by atoms with Gasteiger partial charge in [-0.05, 0) is 38.3 Å². The van der Waals surface area contributed by atoms with Crippen molar-refractivity contribution in [3.8, 4) is 0 Å². The molecule has 0 aliphatic heterocycles. The van der Waals surface area contributed by atoms with Gasteiger partial charge < -0.3 is 10.3 Å². The number of hydrogen-bond donors (Lipinski definition) is 1. The Morgan fingerprint density at radius 2 is 1.94 bits per heavy atom. The van der Waals surface area contributed by atoms with E-state index in [0.29, 0.717) is 5.56 Å². The van der Waals surface area contributed by atoms with Gasteiger partial charge in [0, 0.05) is 11.7 Å². The summed E-state index contributed by atoms with van der Waals surface area (Å²) < 4.78 is 1.75. The molecule has 1 amide bonds.